The second-order valence-corrected chi connectivity index (χ2v) is 4.27. The first kappa shape index (κ1) is 14.6. The highest BCUT2D eigenvalue weighted by molar-refractivity contribution is 5.99. The number of anilines is 1. The maximum absolute atomic E-state index is 13.5. The minimum atomic E-state index is -1.28. The molecule has 0 fully saturated rings. The highest BCUT2D eigenvalue weighted by Crippen LogP contribution is 2.14. The molecule has 2 aromatic carbocycles. The predicted molar refractivity (Wildman–Crippen MR) is 73.0 cm³/mol. The van der Waals surface area contributed by atoms with E-state index in [9.17, 15) is 18.7 Å². The molecule has 0 heterocycles. The zero-order chi connectivity index (χ0) is 15.4. The number of hydrogen-bond donors (Lipinski definition) is 1. The highest BCUT2D eigenvalue weighted by atomic mass is 19.1. The largest absolute Gasteiger partial charge is 0.545 e. The number of carbonyl (C=O) groups is 1. The quantitative estimate of drug-likeness (QED) is 0.693. The molecule has 21 heavy (non-hydrogen) atoms. The lowest BCUT2D eigenvalue weighted by atomic mass is 10.1. The van der Waals surface area contributed by atoms with Gasteiger partial charge >= 0.3 is 0 Å². The zero-order valence-corrected chi connectivity index (χ0v) is 11.1. The summed E-state index contributed by atoms with van der Waals surface area (Å²) in [5.41, 5.74) is 3.04. The number of carboxylic acids is 1. The molecule has 4 nitrogen and oxygen atoms in total. The predicted octanol–water partition coefficient (Wildman–Crippen LogP) is 2.16. The Morgan fingerprint density at radius 3 is 2.19 bits per heavy atom. The van der Waals surface area contributed by atoms with Crippen LogP contribution in [0.15, 0.2) is 47.6 Å². The number of hydrazone groups is 1. The average Bonchev–Trinajstić information content (AvgIpc) is 2.45. The van der Waals surface area contributed by atoms with Gasteiger partial charge < -0.3 is 9.90 Å². The molecule has 0 aliphatic carbocycles. The summed E-state index contributed by atoms with van der Waals surface area (Å²) in [7, 11) is 0. The van der Waals surface area contributed by atoms with Crippen LogP contribution in [0.5, 0.6) is 0 Å². The molecule has 0 aromatic heterocycles. The number of halogens is 2. The first-order valence-corrected chi connectivity index (χ1v) is 6.05. The second-order valence-electron chi connectivity index (χ2n) is 4.27. The number of carboxylic acid groups (broad SMARTS) is 1. The molecular formula is C15H11F2N2O2-. The van der Waals surface area contributed by atoms with Crippen LogP contribution in [0.1, 0.15) is 22.8 Å². The van der Waals surface area contributed by atoms with E-state index in [1.54, 1.807) is 0 Å². The third-order valence-electron chi connectivity index (χ3n) is 2.80. The van der Waals surface area contributed by atoms with E-state index < -0.39 is 17.6 Å². The van der Waals surface area contributed by atoms with Gasteiger partial charge in [0.25, 0.3) is 0 Å². The van der Waals surface area contributed by atoms with Crippen molar-refractivity contribution in [2.45, 2.75) is 6.92 Å². The Hall–Kier alpha value is -2.76. The van der Waals surface area contributed by atoms with Crippen molar-refractivity contribution in [3.05, 3.63) is 65.2 Å². The number of nitrogens with zero attached hydrogens (tertiary/aromatic N) is 1. The number of benzene rings is 2. The zero-order valence-electron chi connectivity index (χ0n) is 11.1. The summed E-state index contributed by atoms with van der Waals surface area (Å²) in [6.45, 7) is 1.46. The molecule has 108 valence electrons. The van der Waals surface area contributed by atoms with Crippen LogP contribution in [-0.2, 0) is 0 Å². The van der Waals surface area contributed by atoms with E-state index in [0.29, 0.717) is 5.69 Å². The Morgan fingerprint density at radius 1 is 1.10 bits per heavy atom. The third kappa shape index (κ3) is 3.42. The average molecular weight is 289 g/mol. The molecule has 0 radical (unpaired) electrons. The minimum absolute atomic E-state index is 0.0291. The van der Waals surface area contributed by atoms with Gasteiger partial charge in [0.1, 0.15) is 11.6 Å². The van der Waals surface area contributed by atoms with Crippen molar-refractivity contribution in [1.29, 1.82) is 0 Å². The van der Waals surface area contributed by atoms with Gasteiger partial charge in [-0.3, -0.25) is 5.43 Å². The number of hydrogen-bond acceptors (Lipinski definition) is 4. The smallest absolute Gasteiger partial charge is 0.135 e. The maximum Gasteiger partial charge on any atom is 0.135 e. The molecule has 2 aromatic rings. The van der Waals surface area contributed by atoms with Crippen molar-refractivity contribution >= 4 is 17.4 Å². The van der Waals surface area contributed by atoms with Crippen molar-refractivity contribution in [2.24, 2.45) is 5.10 Å². The first-order valence-electron chi connectivity index (χ1n) is 6.05. The Kier molecular flexibility index (Phi) is 4.27. The molecule has 0 saturated heterocycles. The number of aromatic carboxylic acids is 1. The summed E-state index contributed by atoms with van der Waals surface area (Å²) in [5.74, 6) is -2.69. The van der Waals surface area contributed by atoms with Crippen molar-refractivity contribution in [1.82, 2.24) is 0 Å². The summed E-state index contributed by atoms with van der Waals surface area (Å²) in [4.78, 5) is 10.6. The normalized spacial score (nSPS) is 11.3. The molecule has 0 amide bonds. The monoisotopic (exact) mass is 289 g/mol. The van der Waals surface area contributed by atoms with Gasteiger partial charge in [0.2, 0.25) is 0 Å². The van der Waals surface area contributed by atoms with Crippen molar-refractivity contribution in [2.75, 3.05) is 5.43 Å². The summed E-state index contributed by atoms with van der Waals surface area (Å²) in [6, 6.07) is 9.18. The fourth-order valence-electron chi connectivity index (χ4n) is 1.73. The molecule has 1 N–H and O–H groups in total. The molecule has 0 unspecified atom stereocenters. The van der Waals surface area contributed by atoms with E-state index >= 15 is 0 Å². The lowest BCUT2D eigenvalue weighted by Gasteiger charge is -2.07. The Morgan fingerprint density at radius 2 is 1.67 bits per heavy atom. The Bertz CT molecular complexity index is 677. The first-order chi connectivity index (χ1) is 9.99. The molecule has 2 rings (SSSR count). The SMILES string of the molecule is C/C(=N/Nc1ccc(C(=O)[O-])cc1)c1c(F)cccc1F. The van der Waals surface area contributed by atoms with Crippen LogP contribution in [0, 0.1) is 11.6 Å². The lowest BCUT2D eigenvalue weighted by molar-refractivity contribution is -0.255. The van der Waals surface area contributed by atoms with Crippen LogP contribution in [0.3, 0.4) is 0 Å². The topological polar surface area (TPSA) is 64.5 Å². The summed E-state index contributed by atoms with van der Waals surface area (Å²) in [6.07, 6.45) is 0. The standard InChI is InChI=1S/C15H12F2N2O2/c1-9(14-12(16)3-2-4-13(14)17)18-19-11-7-5-10(6-8-11)15(20)21/h2-8,19H,1H3,(H,20,21)/p-1/b18-9-. The molecule has 6 heteroatoms. The fraction of sp³-hybridized carbons (Fsp3) is 0.0667. The van der Waals surface area contributed by atoms with E-state index in [4.69, 9.17) is 0 Å². The van der Waals surface area contributed by atoms with Crippen LogP contribution >= 0.6 is 0 Å². The van der Waals surface area contributed by atoms with Crippen LogP contribution in [0.25, 0.3) is 0 Å². The van der Waals surface area contributed by atoms with Crippen LogP contribution < -0.4 is 10.5 Å². The van der Waals surface area contributed by atoms with E-state index in [2.05, 4.69) is 10.5 Å². The lowest BCUT2D eigenvalue weighted by Crippen LogP contribution is -2.21. The number of carbonyl (C=O) groups excluding carboxylic acids is 1. The van der Waals surface area contributed by atoms with Crippen molar-refractivity contribution in [3.63, 3.8) is 0 Å². The van der Waals surface area contributed by atoms with Crippen LogP contribution in [0.2, 0.25) is 0 Å². The summed E-state index contributed by atoms with van der Waals surface area (Å²) < 4.78 is 27.1. The Labute approximate surface area is 119 Å². The van der Waals surface area contributed by atoms with Crippen molar-refractivity contribution < 1.29 is 18.7 Å². The highest BCUT2D eigenvalue weighted by Gasteiger charge is 2.11. The van der Waals surface area contributed by atoms with Gasteiger partial charge in [0, 0.05) is 0 Å². The van der Waals surface area contributed by atoms with Gasteiger partial charge in [0.05, 0.1) is 22.9 Å². The second kappa shape index (κ2) is 6.13. The number of rotatable bonds is 4. The van der Waals surface area contributed by atoms with E-state index in [1.807, 2.05) is 0 Å². The Balaban J connectivity index is 2.19. The summed E-state index contributed by atoms with van der Waals surface area (Å²) in [5, 5.41) is 14.5. The van der Waals surface area contributed by atoms with E-state index in [1.165, 1.54) is 37.3 Å². The molecule has 0 spiro atoms. The van der Waals surface area contributed by atoms with Crippen LogP contribution in [0.4, 0.5) is 14.5 Å². The molecule has 0 bridgehead atoms. The van der Waals surface area contributed by atoms with Gasteiger partial charge in [0.15, 0.2) is 0 Å². The minimum Gasteiger partial charge on any atom is -0.545 e. The van der Waals surface area contributed by atoms with E-state index in [0.717, 1.165) is 12.1 Å². The molecule has 0 aliphatic heterocycles. The van der Waals surface area contributed by atoms with Gasteiger partial charge in [-0.1, -0.05) is 18.2 Å². The van der Waals surface area contributed by atoms with Crippen LogP contribution in [-0.4, -0.2) is 11.7 Å². The maximum atomic E-state index is 13.5. The van der Waals surface area contributed by atoms with Gasteiger partial charge in [-0.15, -0.1) is 0 Å². The van der Waals surface area contributed by atoms with Gasteiger partial charge in [-0.2, -0.15) is 5.10 Å². The third-order valence-corrected chi connectivity index (χ3v) is 2.80. The van der Waals surface area contributed by atoms with Gasteiger partial charge in [-0.25, -0.2) is 8.78 Å². The van der Waals surface area contributed by atoms with E-state index in [-0.39, 0.29) is 16.8 Å². The number of nitrogens with one attached hydrogen (secondary N) is 1. The molecule has 0 aliphatic rings. The molecule has 0 atom stereocenters. The van der Waals surface area contributed by atoms with Crippen molar-refractivity contribution in [3.8, 4) is 0 Å². The fourth-order valence-corrected chi connectivity index (χ4v) is 1.73. The summed E-state index contributed by atoms with van der Waals surface area (Å²) >= 11 is 0. The molecule has 0 saturated carbocycles. The van der Waals surface area contributed by atoms with Gasteiger partial charge in [-0.05, 0) is 36.8 Å². The molecular weight excluding hydrogens is 278 g/mol.